The molecule has 20 heavy (non-hydrogen) atoms. The van der Waals surface area contributed by atoms with Crippen LogP contribution in [0.5, 0.6) is 0 Å². The summed E-state index contributed by atoms with van der Waals surface area (Å²) in [6.45, 7) is 1.56. The van der Waals surface area contributed by atoms with Crippen molar-refractivity contribution in [3.8, 4) is 0 Å². The van der Waals surface area contributed by atoms with Crippen LogP contribution in [-0.4, -0.2) is 12.5 Å². The number of benzene rings is 1. The van der Waals surface area contributed by atoms with Crippen LogP contribution in [0.25, 0.3) is 0 Å². The van der Waals surface area contributed by atoms with E-state index in [1.807, 2.05) is 30.3 Å². The van der Waals surface area contributed by atoms with E-state index in [9.17, 15) is 4.79 Å². The summed E-state index contributed by atoms with van der Waals surface area (Å²) in [7, 11) is 0. The number of rotatable bonds is 3. The fourth-order valence-corrected chi connectivity index (χ4v) is 3.86. The summed E-state index contributed by atoms with van der Waals surface area (Å²) < 4.78 is 1.09. The first-order chi connectivity index (χ1) is 9.74. The van der Waals surface area contributed by atoms with Crippen molar-refractivity contribution in [1.82, 2.24) is 5.32 Å². The second-order valence-electron chi connectivity index (χ2n) is 4.75. The number of fused-ring (bicyclic) bond motifs is 1. The standard InChI is InChI=1S/C15H15BrN2OS/c16-14-7-6-10(20-14)9-18-15(19)12-3-1-5-13-11(12)4-2-8-17-13/h1,3,5-7,17H,2,4,8-9H2,(H,18,19). The fourth-order valence-electron chi connectivity index (χ4n) is 2.43. The van der Waals surface area contributed by atoms with Gasteiger partial charge < -0.3 is 10.6 Å². The van der Waals surface area contributed by atoms with E-state index in [1.165, 1.54) is 0 Å². The Kier molecular flexibility index (Phi) is 4.08. The van der Waals surface area contributed by atoms with Gasteiger partial charge in [0, 0.05) is 22.7 Å². The van der Waals surface area contributed by atoms with Crippen molar-refractivity contribution in [3.63, 3.8) is 0 Å². The summed E-state index contributed by atoms with van der Waals surface area (Å²) in [5.74, 6) is 0.00933. The summed E-state index contributed by atoms with van der Waals surface area (Å²) in [4.78, 5) is 13.5. The van der Waals surface area contributed by atoms with Gasteiger partial charge in [-0.1, -0.05) is 6.07 Å². The van der Waals surface area contributed by atoms with E-state index in [4.69, 9.17) is 0 Å². The van der Waals surface area contributed by atoms with Crippen LogP contribution < -0.4 is 10.6 Å². The van der Waals surface area contributed by atoms with Gasteiger partial charge in [0.2, 0.25) is 0 Å². The van der Waals surface area contributed by atoms with Gasteiger partial charge in [0.1, 0.15) is 0 Å². The topological polar surface area (TPSA) is 41.1 Å². The Bertz CT molecular complexity index is 639. The summed E-state index contributed by atoms with van der Waals surface area (Å²) in [5, 5.41) is 6.35. The largest absolute Gasteiger partial charge is 0.385 e. The molecule has 0 radical (unpaired) electrons. The van der Waals surface area contributed by atoms with E-state index >= 15 is 0 Å². The second-order valence-corrected chi connectivity index (χ2v) is 7.30. The van der Waals surface area contributed by atoms with Crippen LogP contribution in [0.1, 0.15) is 27.2 Å². The van der Waals surface area contributed by atoms with Gasteiger partial charge in [-0.2, -0.15) is 0 Å². The molecule has 0 spiro atoms. The lowest BCUT2D eigenvalue weighted by Crippen LogP contribution is -2.25. The van der Waals surface area contributed by atoms with Crippen LogP contribution in [0.4, 0.5) is 5.69 Å². The first kappa shape index (κ1) is 13.6. The molecule has 5 heteroatoms. The average Bonchev–Trinajstić information content (AvgIpc) is 2.90. The van der Waals surface area contributed by atoms with Crippen molar-refractivity contribution in [3.05, 3.63) is 50.1 Å². The molecular weight excluding hydrogens is 336 g/mol. The normalized spacial score (nSPS) is 13.4. The highest BCUT2D eigenvalue weighted by Crippen LogP contribution is 2.26. The number of carbonyl (C=O) groups excluding carboxylic acids is 1. The Morgan fingerprint density at radius 3 is 3.05 bits per heavy atom. The van der Waals surface area contributed by atoms with Crippen molar-refractivity contribution >= 4 is 38.9 Å². The lowest BCUT2D eigenvalue weighted by molar-refractivity contribution is 0.0950. The third-order valence-corrected chi connectivity index (χ3v) is 5.02. The van der Waals surface area contributed by atoms with Crippen molar-refractivity contribution in [1.29, 1.82) is 0 Å². The molecule has 0 saturated heterocycles. The first-order valence-corrected chi connectivity index (χ1v) is 8.23. The molecule has 1 aliphatic rings. The molecule has 1 aliphatic heterocycles. The van der Waals surface area contributed by atoms with Gasteiger partial charge in [0.05, 0.1) is 10.3 Å². The molecule has 3 nitrogen and oxygen atoms in total. The zero-order valence-electron chi connectivity index (χ0n) is 10.9. The number of anilines is 1. The van der Waals surface area contributed by atoms with E-state index in [2.05, 4.69) is 26.6 Å². The van der Waals surface area contributed by atoms with E-state index in [0.29, 0.717) is 6.54 Å². The van der Waals surface area contributed by atoms with Crippen LogP contribution in [0.3, 0.4) is 0 Å². The Morgan fingerprint density at radius 1 is 1.35 bits per heavy atom. The molecule has 0 bridgehead atoms. The quantitative estimate of drug-likeness (QED) is 0.883. The van der Waals surface area contributed by atoms with Gasteiger partial charge in [-0.25, -0.2) is 0 Å². The highest BCUT2D eigenvalue weighted by molar-refractivity contribution is 9.11. The third kappa shape index (κ3) is 2.88. The molecular formula is C15H15BrN2OS. The summed E-state index contributed by atoms with van der Waals surface area (Å²) >= 11 is 5.07. The smallest absolute Gasteiger partial charge is 0.251 e. The minimum Gasteiger partial charge on any atom is -0.385 e. The Labute approximate surface area is 130 Å². The molecule has 1 aromatic carbocycles. The third-order valence-electron chi connectivity index (χ3n) is 3.39. The number of hydrogen-bond donors (Lipinski definition) is 2. The van der Waals surface area contributed by atoms with Gasteiger partial charge >= 0.3 is 0 Å². The molecule has 1 aromatic heterocycles. The van der Waals surface area contributed by atoms with Gasteiger partial charge in [0.25, 0.3) is 5.91 Å². The molecule has 3 rings (SSSR count). The summed E-state index contributed by atoms with van der Waals surface area (Å²) in [6.07, 6.45) is 2.05. The van der Waals surface area contributed by atoms with E-state index in [0.717, 1.165) is 44.9 Å². The maximum atomic E-state index is 12.4. The predicted octanol–water partition coefficient (Wildman–Crippen LogP) is 3.80. The minimum atomic E-state index is 0.00933. The van der Waals surface area contributed by atoms with Crippen LogP contribution in [0.15, 0.2) is 34.1 Å². The zero-order valence-corrected chi connectivity index (χ0v) is 13.3. The number of amides is 1. The molecule has 0 aliphatic carbocycles. The highest BCUT2D eigenvalue weighted by atomic mass is 79.9. The van der Waals surface area contributed by atoms with Gasteiger partial charge in [-0.05, 0) is 58.6 Å². The van der Waals surface area contributed by atoms with Gasteiger partial charge in [-0.3, -0.25) is 4.79 Å². The molecule has 0 saturated carbocycles. The SMILES string of the molecule is O=C(NCc1ccc(Br)s1)c1cccc2c1CCCN2. The van der Waals surface area contributed by atoms with Crippen molar-refractivity contribution in [2.45, 2.75) is 19.4 Å². The number of thiophene rings is 1. The van der Waals surface area contributed by atoms with Crippen LogP contribution >= 0.6 is 27.3 Å². The number of nitrogens with one attached hydrogen (secondary N) is 2. The molecule has 2 aromatic rings. The molecule has 0 atom stereocenters. The van der Waals surface area contributed by atoms with Crippen molar-refractivity contribution < 1.29 is 4.79 Å². The first-order valence-electron chi connectivity index (χ1n) is 6.62. The second kappa shape index (κ2) is 5.97. The molecule has 104 valence electrons. The van der Waals surface area contributed by atoms with E-state index < -0.39 is 0 Å². The fraction of sp³-hybridized carbons (Fsp3) is 0.267. The van der Waals surface area contributed by atoms with E-state index in [-0.39, 0.29) is 5.91 Å². The van der Waals surface area contributed by atoms with Crippen LogP contribution in [0.2, 0.25) is 0 Å². The lowest BCUT2D eigenvalue weighted by Gasteiger charge is -2.20. The Balaban J connectivity index is 1.74. The Morgan fingerprint density at radius 2 is 2.25 bits per heavy atom. The van der Waals surface area contributed by atoms with Gasteiger partial charge in [-0.15, -0.1) is 11.3 Å². The molecule has 0 unspecified atom stereocenters. The van der Waals surface area contributed by atoms with E-state index in [1.54, 1.807) is 11.3 Å². The van der Waals surface area contributed by atoms with Gasteiger partial charge in [0.15, 0.2) is 0 Å². The molecule has 2 heterocycles. The molecule has 2 N–H and O–H groups in total. The van der Waals surface area contributed by atoms with Crippen molar-refractivity contribution in [2.75, 3.05) is 11.9 Å². The maximum absolute atomic E-state index is 12.4. The summed E-state index contributed by atoms with van der Waals surface area (Å²) in [5.41, 5.74) is 3.04. The summed E-state index contributed by atoms with van der Waals surface area (Å²) in [6, 6.07) is 9.92. The maximum Gasteiger partial charge on any atom is 0.251 e. The zero-order chi connectivity index (χ0) is 13.9. The number of carbonyl (C=O) groups is 1. The Hall–Kier alpha value is -1.33. The minimum absolute atomic E-state index is 0.00933. The predicted molar refractivity (Wildman–Crippen MR) is 86.4 cm³/mol. The average molecular weight is 351 g/mol. The molecule has 1 amide bonds. The number of hydrogen-bond acceptors (Lipinski definition) is 3. The lowest BCUT2D eigenvalue weighted by atomic mass is 9.97. The van der Waals surface area contributed by atoms with Crippen molar-refractivity contribution in [2.24, 2.45) is 0 Å². The van der Waals surface area contributed by atoms with Crippen LogP contribution in [-0.2, 0) is 13.0 Å². The monoisotopic (exact) mass is 350 g/mol. The molecule has 0 fully saturated rings. The van der Waals surface area contributed by atoms with Crippen LogP contribution in [0, 0.1) is 0 Å². The number of halogens is 1. The highest BCUT2D eigenvalue weighted by Gasteiger charge is 2.17.